The third-order valence-electron chi connectivity index (χ3n) is 5.87. The summed E-state index contributed by atoms with van der Waals surface area (Å²) in [5.74, 6) is 0.997. The number of halogens is 1. The molecule has 1 aliphatic rings. The first-order valence-corrected chi connectivity index (χ1v) is 10.7. The van der Waals surface area contributed by atoms with Crippen molar-refractivity contribution in [3.8, 4) is 0 Å². The Morgan fingerprint density at radius 1 is 0.906 bits per heavy atom. The van der Waals surface area contributed by atoms with Crippen LogP contribution < -0.4 is 5.73 Å². The second kappa shape index (κ2) is 7.11. The third-order valence-corrected chi connectivity index (χ3v) is 6.24. The number of alkyl halides is 1. The molecular formula is C26H18ClN3O2. The quantitative estimate of drug-likeness (QED) is 0.180. The maximum absolute atomic E-state index is 8.68. The van der Waals surface area contributed by atoms with E-state index >= 15 is 0 Å². The molecule has 0 fully saturated rings. The zero-order chi connectivity index (χ0) is 21.8. The lowest BCUT2D eigenvalue weighted by atomic mass is 9.93. The van der Waals surface area contributed by atoms with Gasteiger partial charge in [0.15, 0.2) is 5.84 Å². The van der Waals surface area contributed by atoms with Crippen LogP contribution in [0.3, 0.4) is 0 Å². The molecule has 0 spiro atoms. The molecule has 6 heteroatoms. The smallest absolute Gasteiger partial charge is 0.154 e. The Bertz CT molecular complexity index is 1610. The molecule has 6 rings (SSSR count). The minimum atomic E-state index is -0.272. The zero-order valence-electron chi connectivity index (χ0n) is 16.9. The summed E-state index contributed by atoms with van der Waals surface area (Å²) in [5, 5.41) is 11.4. The molecule has 0 saturated heterocycles. The van der Waals surface area contributed by atoms with Crippen LogP contribution in [0, 0.1) is 5.41 Å². The first kappa shape index (κ1) is 18.9. The van der Waals surface area contributed by atoms with E-state index in [0.29, 0.717) is 23.3 Å². The summed E-state index contributed by atoms with van der Waals surface area (Å²) >= 11 is 6.50. The van der Waals surface area contributed by atoms with Gasteiger partial charge in [-0.3, -0.25) is 5.41 Å². The van der Waals surface area contributed by atoms with E-state index in [1.165, 1.54) is 0 Å². The van der Waals surface area contributed by atoms with Crippen LogP contribution in [0.25, 0.3) is 38.5 Å². The van der Waals surface area contributed by atoms with E-state index < -0.39 is 0 Å². The Hall–Kier alpha value is -3.83. The Morgan fingerprint density at radius 3 is 2.41 bits per heavy atom. The molecule has 3 N–H and O–H groups in total. The highest BCUT2D eigenvalue weighted by Gasteiger charge is 2.28. The number of benzene rings is 3. The summed E-state index contributed by atoms with van der Waals surface area (Å²) in [4.78, 5) is 4.42. The SMILES string of the molecule is N=C(N=C(N)c1ccc2c(c1)oc1ccccc12)C1=CCC(Cl)c2oc3ccccc3c21. The van der Waals surface area contributed by atoms with Crippen molar-refractivity contribution in [3.05, 3.63) is 89.7 Å². The number of para-hydroxylation sites is 2. The summed E-state index contributed by atoms with van der Waals surface area (Å²) in [6.07, 6.45) is 2.50. The molecule has 5 aromatic rings. The lowest BCUT2D eigenvalue weighted by Gasteiger charge is -2.16. The Morgan fingerprint density at radius 2 is 1.59 bits per heavy atom. The summed E-state index contributed by atoms with van der Waals surface area (Å²) in [5.41, 5.74) is 10.8. The Balaban J connectivity index is 1.40. The molecular weight excluding hydrogens is 422 g/mol. The highest BCUT2D eigenvalue weighted by Crippen LogP contribution is 2.43. The molecule has 2 aromatic heterocycles. The van der Waals surface area contributed by atoms with Crippen molar-refractivity contribution >= 4 is 61.8 Å². The number of rotatable bonds is 2. The van der Waals surface area contributed by atoms with Gasteiger partial charge in [0.05, 0.1) is 5.38 Å². The third kappa shape index (κ3) is 2.86. The van der Waals surface area contributed by atoms with E-state index in [-0.39, 0.29) is 17.0 Å². The maximum Gasteiger partial charge on any atom is 0.154 e. The number of nitrogens with one attached hydrogen (secondary N) is 1. The fourth-order valence-corrected chi connectivity index (χ4v) is 4.58. The number of fused-ring (bicyclic) bond motifs is 6. The molecule has 0 bridgehead atoms. The maximum atomic E-state index is 8.68. The number of nitrogens with zero attached hydrogens (tertiary/aromatic N) is 1. The largest absolute Gasteiger partial charge is 0.459 e. The summed E-state index contributed by atoms with van der Waals surface area (Å²) < 4.78 is 11.9. The molecule has 2 heterocycles. The number of allylic oxidation sites excluding steroid dienone is 1. The lowest BCUT2D eigenvalue weighted by molar-refractivity contribution is 0.538. The number of furan rings is 2. The van der Waals surface area contributed by atoms with Gasteiger partial charge in [-0.15, -0.1) is 11.6 Å². The number of amidine groups is 2. The minimum Gasteiger partial charge on any atom is -0.459 e. The molecule has 0 saturated carbocycles. The molecule has 0 radical (unpaired) electrons. The molecule has 32 heavy (non-hydrogen) atoms. The number of aliphatic imine (C=N–C) groups is 1. The van der Waals surface area contributed by atoms with Crippen molar-refractivity contribution in [1.82, 2.24) is 0 Å². The predicted molar refractivity (Wildman–Crippen MR) is 130 cm³/mol. The van der Waals surface area contributed by atoms with E-state index in [1.54, 1.807) is 0 Å². The van der Waals surface area contributed by atoms with E-state index in [4.69, 9.17) is 31.6 Å². The van der Waals surface area contributed by atoms with Gasteiger partial charge in [0, 0.05) is 32.9 Å². The summed E-state index contributed by atoms with van der Waals surface area (Å²) in [7, 11) is 0. The van der Waals surface area contributed by atoms with Gasteiger partial charge < -0.3 is 14.6 Å². The van der Waals surface area contributed by atoms with Crippen molar-refractivity contribution in [2.45, 2.75) is 11.8 Å². The summed E-state index contributed by atoms with van der Waals surface area (Å²) in [6.45, 7) is 0. The second-order valence-electron chi connectivity index (χ2n) is 7.81. The molecule has 3 aromatic carbocycles. The average Bonchev–Trinajstić information content (AvgIpc) is 3.38. The van der Waals surface area contributed by atoms with E-state index in [9.17, 15) is 0 Å². The first-order chi connectivity index (χ1) is 15.6. The zero-order valence-corrected chi connectivity index (χ0v) is 17.7. The van der Waals surface area contributed by atoms with Crippen LogP contribution in [0.1, 0.15) is 28.7 Å². The average molecular weight is 440 g/mol. The highest BCUT2D eigenvalue weighted by molar-refractivity contribution is 6.30. The van der Waals surface area contributed by atoms with Crippen LogP contribution in [-0.2, 0) is 0 Å². The molecule has 5 nitrogen and oxygen atoms in total. The van der Waals surface area contributed by atoms with Crippen LogP contribution >= 0.6 is 11.6 Å². The highest BCUT2D eigenvalue weighted by atomic mass is 35.5. The van der Waals surface area contributed by atoms with Gasteiger partial charge in [-0.25, -0.2) is 4.99 Å². The molecule has 0 amide bonds. The second-order valence-corrected chi connectivity index (χ2v) is 8.34. The monoisotopic (exact) mass is 439 g/mol. The molecule has 1 aliphatic carbocycles. The topological polar surface area (TPSA) is 88.5 Å². The summed E-state index contributed by atoms with van der Waals surface area (Å²) in [6, 6.07) is 21.4. The van der Waals surface area contributed by atoms with Gasteiger partial charge in [0.25, 0.3) is 0 Å². The fourth-order valence-electron chi connectivity index (χ4n) is 4.34. The van der Waals surface area contributed by atoms with Gasteiger partial charge in [-0.05, 0) is 30.7 Å². The van der Waals surface area contributed by atoms with Crippen molar-refractivity contribution in [2.75, 3.05) is 0 Å². The number of hydrogen-bond donors (Lipinski definition) is 2. The van der Waals surface area contributed by atoms with Gasteiger partial charge in [-0.2, -0.15) is 0 Å². The van der Waals surface area contributed by atoms with Crippen molar-refractivity contribution in [1.29, 1.82) is 5.41 Å². The standard InChI is InChI=1S/C26H18ClN3O2/c27-19-12-11-18(23-17-6-2-4-8-21(17)32-24(19)23)26(29)30-25(28)14-9-10-16-15-5-1-3-7-20(15)31-22(16)13-14/h1-11,13,19H,12H2,(H3,28,29,30). The van der Waals surface area contributed by atoms with Gasteiger partial charge >= 0.3 is 0 Å². The van der Waals surface area contributed by atoms with Crippen LogP contribution in [-0.4, -0.2) is 11.7 Å². The van der Waals surface area contributed by atoms with Crippen LogP contribution in [0.2, 0.25) is 0 Å². The Labute approximate surface area is 188 Å². The molecule has 0 aliphatic heterocycles. The van der Waals surface area contributed by atoms with Gasteiger partial charge in [-0.1, -0.05) is 48.5 Å². The van der Waals surface area contributed by atoms with Crippen molar-refractivity contribution in [3.63, 3.8) is 0 Å². The fraction of sp³-hybridized carbons (Fsp3) is 0.0769. The Kier molecular flexibility index (Phi) is 4.20. The van der Waals surface area contributed by atoms with E-state index in [2.05, 4.69) is 4.99 Å². The van der Waals surface area contributed by atoms with Crippen LogP contribution in [0.4, 0.5) is 0 Å². The normalized spacial score (nSPS) is 16.5. The molecule has 156 valence electrons. The molecule has 1 atom stereocenters. The van der Waals surface area contributed by atoms with E-state index in [0.717, 1.165) is 38.5 Å². The van der Waals surface area contributed by atoms with Crippen LogP contribution in [0.5, 0.6) is 0 Å². The minimum absolute atomic E-state index is 0.0728. The molecule has 1 unspecified atom stereocenters. The first-order valence-electron chi connectivity index (χ1n) is 10.3. The number of hydrogen-bond acceptors (Lipinski definition) is 3. The van der Waals surface area contributed by atoms with E-state index in [1.807, 2.05) is 72.8 Å². The van der Waals surface area contributed by atoms with Gasteiger partial charge in [0.1, 0.15) is 28.3 Å². The van der Waals surface area contributed by atoms with Crippen LogP contribution in [0.15, 0.2) is 86.6 Å². The number of nitrogens with two attached hydrogens (primary N) is 1. The lowest BCUT2D eigenvalue weighted by Crippen LogP contribution is -2.17. The van der Waals surface area contributed by atoms with Crippen molar-refractivity contribution in [2.24, 2.45) is 10.7 Å². The van der Waals surface area contributed by atoms with Gasteiger partial charge in [0.2, 0.25) is 0 Å². The predicted octanol–water partition coefficient (Wildman–Crippen LogP) is 6.78. The van der Waals surface area contributed by atoms with Crippen molar-refractivity contribution < 1.29 is 8.83 Å².